The van der Waals surface area contributed by atoms with Gasteiger partial charge in [-0.3, -0.25) is 4.79 Å². The van der Waals surface area contributed by atoms with E-state index in [4.69, 9.17) is 5.73 Å². The summed E-state index contributed by atoms with van der Waals surface area (Å²) in [5.41, 5.74) is 9.44. The first kappa shape index (κ1) is 18.4. The third kappa shape index (κ3) is 4.08. The van der Waals surface area contributed by atoms with Crippen molar-refractivity contribution in [1.82, 2.24) is 0 Å². The molecule has 2 aliphatic rings. The van der Waals surface area contributed by atoms with Crippen LogP contribution >= 0.6 is 0 Å². The van der Waals surface area contributed by atoms with Gasteiger partial charge in [0, 0.05) is 17.6 Å². The Morgan fingerprint density at radius 2 is 2.00 bits per heavy atom. The van der Waals surface area contributed by atoms with Crippen molar-refractivity contribution in [1.29, 1.82) is 0 Å². The zero-order chi connectivity index (χ0) is 17.8. The number of rotatable bonds is 6. The Hall–Kier alpha value is -1.35. The number of hydrogen-bond donors (Lipinski definition) is 1. The molecule has 138 valence electrons. The van der Waals surface area contributed by atoms with Crippen LogP contribution < -0.4 is 10.6 Å². The zero-order valence-corrected chi connectivity index (χ0v) is 16.0. The minimum Gasteiger partial charge on any atom is -0.330 e. The quantitative estimate of drug-likeness (QED) is 0.829. The van der Waals surface area contributed by atoms with Crippen LogP contribution in [0.15, 0.2) is 18.2 Å². The van der Waals surface area contributed by atoms with E-state index in [-0.39, 0.29) is 12.0 Å². The van der Waals surface area contributed by atoms with Crippen LogP contribution in [0.1, 0.15) is 69.9 Å². The Morgan fingerprint density at radius 1 is 1.24 bits per heavy atom. The molecule has 1 atom stereocenters. The topological polar surface area (TPSA) is 46.3 Å². The number of carbonyl (C=O) groups excluding carboxylic acids is 1. The van der Waals surface area contributed by atoms with Crippen molar-refractivity contribution < 1.29 is 4.79 Å². The van der Waals surface area contributed by atoms with Gasteiger partial charge in [0.15, 0.2) is 0 Å². The van der Waals surface area contributed by atoms with Gasteiger partial charge in [-0.1, -0.05) is 38.3 Å². The summed E-state index contributed by atoms with van der Waals surface area (Å²) >= 11 is 0. The molecule has 3 rings (SSSR count). The summed E-state index contributed by atoms with van der Waals surface area (Å²) in [4.78, 5) is 15.3. The Balaban J connectivity index is 1.66. The Kier molecular flexibility index (Phi) is 6.16. The number of carbonyl (C=O) groups is 1. The summed E-state index contributed by atoms with van der Waals surface area (Å²) in [7, 11) is 0. The Morgan fingerprint density at radius 3 is 2.68 bits per heavy atom. The molecule has 0 bridgehead atoms. The number of fused-ring (bicyclic) bond motifs is 1. The molecule has 0 radical (unpaired) electrons. The maximum absolute atomic E-state index is 13.2. The standard InChI is InChI=1S/C22H34N2O/c1-3-4-5-17-6-9-19(10-7-17)22(25)24-16(2)14-20-15-18(12-13-23)8-11-21(20)24/h8,11,15-17,19H,3-7,9-10,12-14,23H2,1-2H3. The van der Waals surface area contributed by atoms with Gasteiger partial charge < -0.3 is 10.6 Å². The second-order valence-corrected chi connectivity index (χ2v) is 8.12. The molecule has 25 heavy (non-hydrogen) atoms. The highest BCUT2D eigenvalue weighted by Crippen LogP contribution is 2.38. The summed E-state index contributed by atoms with van der Waals surface area (Å²) in [5.74, 6) is 1.45. The number of benzene rings is 1. The second-order valence-electron chi connectivity index (χ2n) is 8.12. The van der Waals surface area contributed by atoms with Crippen molar-refractivity contribution in [2.75, 3.05) is 11.4 Å². The Labute approximate surface area is 153 Å². The highest BCUT2D eigenvalue weighted by Gasteiger charge is 2.36. The number of hydrogen-bond acceptors (Lipinski definition) is 2. The highest BCUT2D eigenvalue weighted by atomic mass is 16.2. The van der Waals surface area contributed by atoms with E-state index in [0.717, 1.165) is 37.3 Å². The SMILES string of the molecule is CCCCC1CCC(C(=O)N2c3ccc(CCN)cc3CC2C)CC1. The lowest BCUT2D eigenvalue weighted by atomic mass is 9.79. The van der Waals surface area contributed by atoms with Gasteiger partial charge in [-0.25, -0.2) is 0 Å². The van der Waals surface area contributed by atoms with E-state index in [1.165, 1.54) is 43.2 Å². The molecule has 1 heterocycles. The number of nitrogens with zero attached hydrogens (tertiary/aromatic N) is 1. The maximum Gasteiger partial charge on any atom is 0.230 e. The van der Waals surface area contributed by atoms with Crippen LogP contribution in [0, 0.1) is 11.8 Å². The van der Waals surface area contributed by atoms with E-state index < -0.39 is 0 Å². The molecular formula is C22H34N2O. The van der Waals surface area contributed by atoms with E-state index >= 15 is 0 Å². The number of unbranched alkanes of at least 4 members (excludes halogenated alkanes) is 1. The Bertz CT molecular complexity index is 590. The minimum absolute atomic E-state index is 0.231. The molecule has 1 aliphatic heterocycles. The zero-order valence-electron chi connectivity index (χ0n) is 16.0. The summed E-state index contributed by atoms with van der Waals surface area (Å²) < 4.78 is 0. The summed E-state index contributed by atoms with van der Waals surface area (Å²) in [6, 6.07) is 6.84. The third-order valence-corrected chi connectivity index (χ3v) is 6.19. The van der Waals surface area contributed by atoms with Crippen LogP contribution in [0.3, 0.4) is 0 Å². The van der Waals surface area contributed by atoms with Crippen LogP contribution in [0.25, 0.3) is 0 Å². The average molecular weight is 343 g/mol. The lowest BCUT2D eigenvalue weighted by Crippen LogP contribution is -2.41. The van der Waals surface area contributed by atoms with E-state index in [0.29, 0.717) is 12.5 Å². The van der Waals surface area contributed by atoms with Gasteiger partial charge in [0.05, 0.1) is 0 Å². The molecule has 1 aliphatic carbocycles. The summed E-state index contributed by atoms with van der Waals surface area (Å²) in [6.45, 7) is 5.13. The van der Waals surface area contributed by atoms with Crippen LogP contribution in [0.2, 0.25) is 0 Å². The second kappa shape index (κ2) is 8.35. The average Bonchev–Trinajstić information content (AvgIpc) is 2.95. The van der Waals surface area contributed by atoms with Crippen LogP contribution in [0.5, 0.6) is 0 Å². The molecule has 3 nitrogen and oxygen atoms in total. The molecule has 2 N–H and O–H groups in total. The molecule has 0 aromatic heterocycles. The molecule has 1 saturated carbocycles. The first-order chi connectivity index (χ1) is 12.1. The van der Waals surface area contributed by atoms with Gasteiger partial charge in [-0.15, -0.1) is 0 Å². The van der Waals surface area contributed by atoms with Crippen LogP contribution in [-0.4, -0.2) is 18.5 Å². The van der Waals surface area contributed by atoms with E-state index in [1.54, 1.807) is 0 Å². The van der Waals surface area contributed by atoms with Crippen LogP contribution in [-0.2, 0) is 17.6 Å². The first-order valence-corrected chi connectivity index (χ1v) is 10.3. The lowest BCUT2D eigenvalue weighted by molar-refractivity contribution is -0.123. The molecule has 0 saturated heterocycles. The van der Waals surface area contributed by atoms with E-state index in [2.05, 4.69) is 36.9 Å². The van der Waals surface area contributed by atoms with Gasteiger partial charge in [0.1, 0.15) is 0 Å². The minimum atomic E-state index is 0.231. The van der Waals surface area contributed by atoms with Crippen molar-refractivity contribution >= 4 is 11.6 Å². The van der Waals surface area contributed by atoms with Crippen LogP contribution in [0.4, 0.5) is 5.69 Å². The predicted molar refractivity (Wildman–Crippen MR) is 105 cm³/mol. The number of nitrogens with two attached hydrogens (primary N) is 1. The summed E-state index contributed by atoms with van der Waals surface area (Å²) in [5, 5.41) is 0. The normalized spacial score (nSPS) is 25.9. The van der Waals surface area contributed by atoms with Gasteiger partial charge in [-0.05, 0) is 75.1 Å². The number of amides is 1. The third-order valence-electron chi connectivity index (χ3n) is 6.19. The summed E-state index contributed by atoms with van der Waals surface area (Å²) in [6.07, 6.45) is 10.5. The molecule has 1 aromatic rings. The molecule has 1 unspecified atom stereocenters. The highest BCUT2D eigenvalue weighted by molar-refractivity contribution is 5.97. The van der Waals surface area contributed by atoms with Gasteiger partial charge in [-0.2, -0.15) is 0 Å². The molecule has 0 spiro atoms. The van der Waals surface area contributed by atoms with Gasteiger partial charge in [0.2, 0.25) is 5.91 Å². The molecule has 3 heteroatoms. The first-order valence-electron chi connectivity index (χ1n) is 10.3. The van der Waals surface area contributed by atoms with Gasteiger partial charge >= 0.3 is 0 Å². The molecule has 1 amide bonds. The predicted octanol–water partition coefficient (Wildman–Crippen LogP) is 4.46. The smallest absolute Gasteiger partial charge is 0.230 e. The van der Waals surface area contributed by atoms with Crippen molar-refractivity contribution in [2.45, 2.75) is 77.7 Å². The van der Waals surface area contributed by atoms with E-state index in [1.807, 2.05) is 0 Å². The van der Waals surface area contributed by atoms with Crippen molar-refractivity contribution in [3.63, 3.8) is 0 Å². The molecule has 1 aromatic carbocycles. The fourth-order valence-corrected chi connectivity index (χ4v) is 4.73. The fourth-order valence-electron chi connectivity index (χ4n) is 4.73. The molecule has 1 fully saturated rings. The van der Waals surface area contributed by atoms with Crippen molar-refractivity contribution in [3.05, 3.63) is 29.3 Å². The van der Waals surface area contributed by atoms with E-state index in [9.17, 15) is 4.79 Å². The van der Waals surface area contributed by atoms with Crippen molar-refractivity contribution in [2.24, 2.45) is 17.6 Å². The fraction of sp³-hybridized carbons (Fsp3) is 0.682. The largest absolute Gasteiger partial charge is 0.330 e. The van der Waals surface area contributed by atoms with Gasteiger partial charge in [0.25, 0.3) is 0 Å². The molecular weight excluding hydrogens is 308 g/mol. The monoisotopic (exact) mass is 342 g/mol. The van der Waals surface area contributed by atoms with Crippen molar-refractivity contribution in [3.8, 4) is 0 Å². The maximum atomic E-state index is 13.2. The lowest BCUT2D eigenvalue weighted by Gasteiger charge is -2.32. The number of anilines is 1.